The van der Waals surface area contributed by atoms with E-state index in [0.29, 0.717) is 18.2 Å². The lowest BCUT2D eigenvalue weighted by Crippen LogP contribution is -2.38. The monoisotopic (exact) mass is 489 g/mol. The van der Waals surface area contributed by atoms with Crippen molar-refractivity contribution in [1.29, 1.82) is 0 Å². The molecule has 1 aromatic carbocycles. The molecule has 3 aromatic heterocycles. The molecule has 6 rings (SSSR count). The Kier molecular flexibility index (Phi) is 5.01. The Bertz CT molecular complexity index is 1470. The number of rotatable bonds is 5. The molecule has 1 N–H and O–H groups in total. The molecule has 0 radical (unpaired) electrons. The predicted octanol–water partition coefficient (Wildman–Crippen LogP) is 4.44. The Balaban J connectivity index is 1.47. The van der Waals surface area contributed by atoms with Gasteiger partial charge in [0, 0.05) is 6.20 Å². The molecule has 1 fully saturated rings. The highest BCUT2D eigenvalue weighted by Crippen LogP contribution is 2.69. The molecule has 0 saturated heterocycles. The maximum absolute atomic E-state index is 14.5. The fourth-order valence-corrected chi connectivity index (χ4v) is 6.16. The summed E-state index contributed by atoms with van der Waals surface area (Å²) in [7, 11) is 0. The molecule has 2 bridgehead atoms. The molecular weight excluding hydrogens is 464 g/mol. The number of nitrogens with zero attached hydrogens (tertiary/aromatic N) is 7. The normalized spacial score (nSPS) is 22.6. The second-order valence-corrected chi connectivity index (χ2v) is 10.1. The molecule has 1 saturated carbocycles. The Hall–Kier alpha value is -3.66. The van der Waals surface area contributed by atoms with Gasteiger partial charge in [-0.1, -0.05) is 26.8 Å². The van der Waals surface area contributed by atoms with Crippen LogP contribution in [-0.4, -0.2) is 40.0 Å². The first-order valence-electron chi connectivity index (χ1n) is 12.0. The maximum atomic E-state index is 14.5. The van der Waals surface area contributed by atoms with Crippen molar-refractivity contribution in [3.63, 3.8) is 0 Å². The van der Waals surface area contributed by atoms with E-state index in [4.69, 9.17) is 4.98 Å². The lowest BCUT2D eigenvalue weighted by atomic mass is 9.66. The lowest BCUT2D eigenvalue weighted by molar-refractivity contribution is 0.163. The third-order valence-electron chi connectivity index (χ3n) is 8.08. The first-order chi connectivity index (χ1) is 17.3. The largest absolute Gasteiger partial charge is 0.385 e. The van der Waals surface area contributed by atoms with Gasteiger partial charge in [-0.15, -0.1) is 10.2 Å². The van der Waals surface area contributed by atoms with Gasteiger partial charge in [-0.2, -0.15) is 9.78 Å². The number of halogens is 2. The summed E-state index contributed by atoms with van der Waals surface area (Å²) in [5.74, 6) is -0.539. The minimum atomic E-state index is -0.756. The minimum absolute atomic E-state index is 0.132. The Morgan fingerprint density at radius 3 is 2.67 bits per heavy atom. The maximum Gasteiger partial charge on any atom is 0.252 e. The minimum Gasteiger partial charge on any atom is -0.385 e. The number of hydrogen-bond donors (Lipinski definition) is 1. The molecule has 0 spiro atoms. The highest BCUT2D eigenvalue weighted by Gasteiger charge is 2.65. The second-order valence-electron chi connectivity index (χ2n) is 10.1. The highest BCUT2D eigenvalue weighted by atomic mass is 19.1. The molecule has 8 nitrogen and oxygen atoms in total. The topological polar surface area (TPSA) is 102 Å². The van der Waals surface area contributed by atoms with Gasteiger partial charge in [0.05, 0.1) is 28.1 Å². The standard InChI is InChI=1S/C26H25F2N7O/c1-4-19(36)23-30-13-35(34-23)24-29-11-9-20(31-24)26-10-8-15(25(26,2)3)14-12-18(32-33-22(14)26)21-16(27)6-5-7-17(21)28/h5-7,9,11-13,15,19,36H,4,8,10H2,1-3H3/t15-,19-,26-/m0/s1. The summed E-state index contributed by atoms with van der Waals surface area (Å²) in [5, 5.41) is 23.3. The lowest BCUT2D eigenvalue weighted by Gasteiger charge is -2.37. The van der Waals surface area contributed by atoms with Crippen LogP contribution in [0.4, 0.5) is 8.78 Å². The van der Waals surface area contributed by atoms with Crippen LogP contribution in [0, 0.1) is 17.0 Å². The van der Waals surface area contributed by atoms with Crippen LogP contribution in [0.1, 0.15) is 74.8 Å². The Labute approximate surface area is 206 Å². The number of aliphatic hydroxyl groups excluding tert-OH is 1. The molecule has 2 aliphatic carbocycles. The fourth-order valence-electron chi connectivity index (χ4n) is 6.16. The van der Waals surface area contributed by atoms with E-state index in [1.54, 1.807) is 12.3 Å². The van der Waals surface area contributed by atoms with Crippen LogP contribution >= 0.6 is 0 Å². The SMILES string of the molecule is CC[C@H](O)c1ncn(-c2nccc([C@@]34CC[C@@H](c5cc(-c6c(F)cccc6F)nnc53)C4(C)C)n2)n1. The number of fused-ring (bicyclic) bond motifs is 5. The van der Waals surface area contributed by atoms with E-state index in [1.165, 1.54) is 29.2 Å². The summed E-state index contributed by atoms with van der Waals surface area (Å²) < 4.78 is 30.4. The van der Waals surface area contributed by atoms with Gasteiger partial charge in [0.15, 0.2) is 5.82 Å². The highest BCUT2D eigenvalue weighted by molar-refractivity contribution is 5.64. The average molecular weight is 490 g/mol. The third kappa shape index (κ3) is 3.00. The van der Waals surface area contributed by atoms with Gasteiger partial charge in [-0.25, -0.2) is 23.7 Å². The summed E-state index contributed by atoms with van der Waals surface area (Å²) in [5.41, 5.74) is 1.73. The molecule has 4 aromatic rings. The smallest absolute Gasteiger partial charge is 0.252 e. The molecule has 10 heteroatoms. The summed E-state index contributed by atoms with van der Waals surface area (Å²) in [4.78, 5) is 13.5. The first kappa shape index (κ1) is 22.8. The van der Waals surface area contributed by atoms with Crippen molar-refractivity contribution in [2.75, 3.05) is 0 Å². The van der Waals surface area contributed by atoms with Crippen LogP contribution < -0.4 is 0 Å². The summed E-state index contributed by atoms with van der Waals surface area (Å²) in [6, 6.07) is 7.45. The van der Waals surface area contributed by atoms with Gasteiger partial charge < -0.3 is 5.11 Å². The van der Waals surface area contributed by atoms with Crippen molar-refractivity contribution in [2.45, 2.75) is 57.5 Å². The van der Waals surface area contributed by atoms with Crippen LogP contribution in [0.5, 0.6) is 0 Å². The first-order valence-corrected chi connectivity index (χ1v) is 12.0. The molecule has 0 unspecified atom stereocenters. The summed E-state index contributed by atoms with van der Waals surface area (Å²) in [6.07, 6.45) is 4.62. The van der Waals surface area contributed by atoms with Gasteiger partial charge in [-0.05, 0) is 60.4 Å². The fraction of sp³-hybridized carbons (Fsp3) is 0.385. The van der Waals surface area contributed by atoms with Gasteiger partial charge in [0.1, 0.15) is 24.1 Å². The molecule has 184 valence electrons. The quantitative estimate of drug-likeness (QED) is 0.442. The van der Waals surface area contributed by atoms with E-state index in [-0.39, 0.29) is 22.6 Å². The zero-order chi connectivity index (χ0) is 25.2. The van der Waals surface area contributed by atoms with Gasteiger partial charge >= 0.3 is 0 Å². The van der Waals surface area contributed by atoms with Crippen LogP contribution in [-0.2, 0) is 5.41 Å². The summed E-state index contributed by atoms with van der Waals surface area (Å²) >= 11 is 0. The Morgan fingerprint density at radius 2 is 1.92 bits per heavy atom. The molecule has 2 aliphatic rings. The average Bonchev–Trinajstić information content (AvgIpc) is 3.52. The predicted molar refractivity (Wildman–Crippen MR) is 126 cm³/mol. The molecular formula is C26H25F2N7O. The molecule has 3 atom stereocenters. The van der Waals surface area contributed by atoms with Gasteiger partial charge in [0.25, 0.3) is 5.95 Å². The zero-order valence-electron chi connectivity index (χ0n) is 20.2. The van der Waals surface area contributed by atoms with Crippen LogP contribution in [0.3, 0.4) is 0 Å². The molecule has 0 aliphatic heterocycles. The second kappa shape index (κ2) is 7.92. The van der Waals surface area contributed by atoms with Crippen LogP contribution in [0.15, 0.2) is 42.9 Å². The van der Waals surface area contributed by atoms with E-state index in [1.807, 2.05) is 13.0 Å². The number of aromatic nitrogens is 7. The summed E-state index contributed by atoms with van der Waals surface area (Å²) in [6.45, 7) is 6.22. The van der Waals surface area contributed by atoms with Crippen molar-refractivity contribution in [1.82, 2.24) is 34.9 Å². The zero-order valence-corrected chi connectivity index (χ0v) is 20.2. The van der Waals surface area contributed by atoms with Crippen LogP contribution in [0.2, 0.25) is 0 Å². The number of aliphatic hydroxyl groups is 1. The number of benzene rings is 1. The van der Waals surface area contributed by atoms with Crippen molar-refractivity contribution >= 4 is 0 Å². The van der Waals surface area contributed by atoms with E-state index < -0.39 is 23.2 Å². The molecule has 3 heterocycles. The third-order valence-corrected chi connectivity index (χ3v) is 8.08. The van der Waals surface area contributed by atoms with Gasteiger partial charge in [0.2, 0.25) is 0 Å². The van der Waals surface area contributed by atoms with Gasteiger partial charge in [-0.3, -0.25) is 0 Å². The Morgan fingerprint density at radius 1 is 1.14 bits per heavy atom. The number of hydrogen-bond acceptors (Lipinski definition) is 7. The molecule has 0 amide bonds. The van der Waals surface area contributed by atoms with E-state index >= 15 is 0 Å². The van der Waals surface area contributed by atoms with Crippen molar-refractivity contribution in [3.8, 4) is 17.2 Å². The molecule has 36 heavy (non-hydrogen) atoms. The van der Waals surface area contributed by atoms with Crippen molar-refractivity contribution < 1.29 is 13.9 Å². The van der Waals surface area contributed by atoms with Crippen LogP contribution in [0.25, 0.3) is 17.2 Å². The van der Waals surface area contributed by atoms with E-state index in [0.717, 1.165) is 29.8 Å². The van der Waals surface area contributed by atoms with Crippen molar-refractivity contribution in [3.05, 3.63) is 77.3 Å². The van der Waals surface area contributed by atoms with Crippen molar-refractivity contribution in [2.24, 2.45) is 5.41 Å². The van der Waals surface area contributed by atoms with E-state index in [9.17, 15) is 13.9 Å². The van der Waals surface area contributed by atoms with E-state index in [2.05, 4.69) is 39.1 Å².